The molecule has 0 saturated heterocycles. The molecular formula is C13H27N. The molecule has 0 aliphatic heterocycles. The highest BCUT2D eigenvalue weighted by Crippen LogP contribution is 2.33. The van der Waals surface area contributed by atoms with Crippen molar-refractivity contribution in [2.45, 2.75) is 52.4 Å². The highest BCUT2D eigenvalue weighted by molar-refractivity contribution is 4.76. The topological polar surface area (TPSA) is 12.0 Å². The first-order chi connectivity index (χ1) is 6.74. The highest BCUT2D eigenvalue weighted by atomic mass is 14.8. The lowest BCUT2D eigenvalue weighted by Crippen LogP contribution is -2.28. The summed E-state index contributed by atoms with van der Waals surface area (Å²) in [4.78, 5) is 0. The summed E-state index contributed by atoms with van der Waals surface area (Å²) in [5.74, 6) is 2.86. The van der Waals surface area contributed by atoms with Gasteiger partial charge < -0.3 is 5.32 Å². The maximum Gasteiger partial charge on any atom is -0.00209 e. The van der Waals surface area contributed by atoms with Gasteiger partial charge in [-0.3, -0.25) is 0 Å². The quantitative estimate of drug-likeness (QED) is 0.712. The Morgan fingerprint density at radius 3 is 2.36 bits per heavy atom. The van der Waals surface area contributed by atoms with E-state index >= 15 is 0 Å². The molecule has 0 radical (unpaired) electrons. The molecular weight excluding hydrogens is 170 g/mol. The van der Waals surface area contributed by atoms with Gasteiger partial charge in [0.1, 0.15) is 0 Å². The number of nitrogens with one attached hydrogen (secondary N) is 1. The van der Waals surface area contributed by atoms with E-state index in [9.17, 15) is 0 Å². The van der Waals surface area contributed by atoms with E-state index in [2.05, 4.69) is 26.2 Å². The number of hydrogen-bond donors (Lipinski definition) is 1. The summed E-state index contributed by atoms with van der Waals surface area (Å²) in [6.07, 6.45) is 8.77. The van der Waals surface area contributed by atoms with Crippen LogP contribution >= 0.6 is 0 Å². The maximum atomic E-state index is 3.36. The molecule has 1 heteroatoms. The molecule has 2 atom stereocenters. The van der Waals surface area contributed by atoms with Gasteiger partial charge in [0.25, 0.3) is 0 Å². The molecule has 1 rings (SSSR count). The Bertz CT molecular complexity index is 140. The van der Waals surface area contributed by atoms with Crippen LogP contribution in [0.15, 0.2) is 0 Å². The molecule has 0 aromatic heterocycles. The Hall–Kier alpha value is -0.0400. The maximum absolute atomic E-state index is 3.36. The zero-order valence-electron chi connectivity index (χ0n) is 10.2. The van der Waals surface area contributed by atoms with Crippen molar-refractivity contribution in [1.82, 2.24) is 5.32 Å². The van der Waals surface area contributed by atoms with Crippen LogP contribution in [0.4, 0.5) is 0 Å². The molecule has 2 unspecified atom stereocenters. The number of hydrogen-bond acceptors (Lipinski definition) is 1. The first-order valence-electron chi connectivity index (χ1n) is 6.38. The summed E-state index contributed by atoms with van der Waals surface area (Å²) in [5.41, 5.74) is 0. The predicted octanol–water partition coefficient (Wildman–Crippen LogP) is 3.45. The SMILES string of the molecule is CNCC1CCCCC1CCC(C)C. The molecule has 0 aromatic rings. The van der Waals surface area contributed by atoms with Crippen LogP contribution in [0, 0.1) is 17.8 Å². The first-order valence-corrected chi connectivity index (χ1v) is 6.38. The molecule has 1 N–H and O–H groups in total. The van der Waals surface area contributed by atoms with Gasteiger partial charge in [-0.25, -0.2) is 0 Å². The van der Waals surface area contributed by atoms with Crippen LogP contribution in [0.5, 0.6) is 0 Å². The Balaban J connectivity index is 2.30. The van der Waals surface area contributed by atoms with Crippen LogP contribution in [0.1, 0.15) is 52.4 Å². The summed E-state index contributed by atoms with van der Waals surface area (Å²) >= 11 is 0. The van der Waals surface area contributed by atoms with Crippen molar-refractivity contribution in [3.8, 4) is 0 Å². The van der Waals surface area contributed by atoms with Crippen LogP contribution in [0.2, 0.25) is 0 Å². The van der Waals surface area contributed by atoms with Crippen molar-refractivity contribution < 1.29 is 0 Å². The van der Waals surface area contributed by atoms with Gasteiger partial charge in [0, 0.05) is 0 Å². The molecule has 0 heterocycles. The van der Waals surface area contributed by atoms with E-state index < -0.39 is 0 Å². The fraction of sp³-hybridized carbons (Fsp3) is 1.00. The van der Waals surface area contributed by atoms with Crippen molar-refractivity contribution in [2.75, 3.05) is 13.6 Å². The lowest BCUT2D eigenvalue weighted by Gasteiger charge is -2.32. The van der Waals surface area contributed by atoms with E-state index in [1.807, 2.05) is 0 Å². The summed E-state index contributed by atoms with van der Waals surface area (Å²) in [7, 11) is 2.09. The zero-order chi connectivity index (χ0) is 10.4. The van der Waals surface area contributed by atoms with E-state index in [4.69, 9.17) is 0 Å². The van der Waals surface area contributed by atoms with E-state index in [-0.39, 0.29) is 0 Å². The van der Waals surface area contributed by atoms with Gasteiger partial charge in [-0.15, -0.1) is 0 Å². The van der Waals surface area contributed by atoms with Crippen LogP contribution in [-0.2, 0) is 0 Å². The minimum Gasteiger partial charge on any atom is -0.319 e. The Morgan fingerprint density at radius 2 is 1.79 bits per heavy atom. The van der Waals surface area contributed by atoms with Crippen LogP contribution in [0.25, 0.3) is 0 Å². The third-order valence-corrected chi connectivity index (χ3v) is 3.65. The van der Waals surface area contributed by atoms with Crippen LogP contribution in [0.3, 0.4) is 0 Å². The van der Waals surface area contributed by atoms with Gasteiger partial charge in [-0.2, -0.15) is 0 Å². The van der Waals surface area contributed by atoms with E-state index in [0.717, 1.165) is 17.8 Å². The summed E-state index contributed by atoms with van der Waals surface area (Å²) < 4.78 is 0. The Labute approximate surface area is 89.7 Å². The van der Waals surface area contributed by atoms with Gasteiger partial charge in [-0.05, 0) is 44.2 Å². The summed E-state index contributed by atoms with van der Waals surface area (Å²) in [6.45, 7) is 5.93. The lowest BCUT2D eigenvalue weighted by atomic mass is 9.76. The predicted molar refractivity (Wildman–Crippen MR) is 63.4 cm³/mol. The van der Waals surface area contributed by atoms with E-state index in [1.54, 1.807) is 0 Å². The second kappa shape index (κ2) is 6.44. The smallest absolute Gasteiger partial charge is 0.00209 e. The van der Waals surface area contributed by atoms with Gasteiger partial charge in [-0.1, -0.05) is 39.5 Å². The fourth-order valence-corrected chi connectivity index (χ4v) is 2.74. The molecule has 84 valence electrons. The Morgan fingerprint density at radius 1 is 1.14 bits per heavy atom. The molecule has 1 aliphatic rings. The largest absolute Gasteiger partial charge is 0.319 e. The number of rotatable bonds is 5. The van der Waals surface area contributed by atoms with Gasteiger partial charge in [0.15, 0.2) is 0 Å². The minimum atomic E-state index is 0.882. The second-order valence-corrected chi connectivity index (χ2v) is 5.33. The zero-order valence-corrected chi connectivity index (χ0v) is 10.2. The Kier molecular flexibility index (Phi) is 5.54. The van der Waals surface area contributed by atoms with Crippen molar-refractivity contribution in [2.24, 2.45) is 17.8 Å². The average Bonchev–Trinajstić information content (AvgIpc) is 2.17. The van der Waals surface area contributed by atoms with E-state index in [1.165, 1.54) is 45.1 Å². The van der Waals surface area contributed by atoms with Crippen molar-refractivity contribution in [3.05, 3.63) is 0 Å². The molecule has 1 nitrogen and oxygen atoms in total. The molecule has 1 fully saturated rings. The average molecular weight is 197 g/mol. The lowest BCUT2D eigenvalue weighted by molar-refractivity contribution is 0.211. The third-order valence-electron chi connectivity index (χ3n) is 3.65. The second-order valence-electron chi connectivity index (χ2n) is 5.33. The summed E-state index contributed by atoms with van der Waals surface area (Å²) in [5, 5.41) is 3.36. The molecule has 1 aliphatic carbocycles. The van der Waals surface area contributed by atoms with Crippen LogP contribution in [-0.4, -0.2) is 13.6 Å². The molecule has 0 bridgehead atoms. The van der Waals surface area contributed by atoms with Crippen LogP contribution < -0.4 is 5.32 Å². The third kappa shape index (κ3) is 4.00. The van der Waals surface area contributed by atoms with Gasteiger partial charge in [0.05, 0.1) is 0 Å². The molecule has 0 spiro atoms. The minimum absolute atomic E-state index is 0.882. The molecule has 0 aromatic carbocycles. The first kappa shape index (κ1) is 12.0. The fourth-order valence-electron chi connectivity index (χ4n) is 2.74. The van der Waals surface area contributed by atoms with Crippen molar-refractivity contribution in [3.63, 3.8) is 0 Å². The van der Waals surface area contributed by atoms with Gasteiger partial charge in [0.2, 0.25) is 0 Å². The summed E-state index contributed by atoms with van der Waals surface area (Å²) in [6, 6.07) is 0. The monoisotopic (exact) mass is 197 g/mol. The van der Waals surface area contributed by atoms with E-state index in [0.29, 0.717) is 0 Å². The van der Waals surface area contributed by atoms with Crippen molar-refractivity contribution >= 4 is 0 Å². The molecule has 0 amide bonds. The van der Waals surface area contributed by atoms with Gasteiger partial charge >= 0.3 is 0 Å². The molecule has 14 heavy (non-hydrogen) atoms. The van der Waals surface area contributed by atoms with Crippen molar-refractivity contribution in [1.29, 1.82) is 0 Å². The molecule has 1 saturated carbocycles. The highest BCUT2D eigenvalue weighted by Gasteiger charge is 2.23. The normalized spacial score (nSPS) is 28.3. The standard InChI is InChI=1S/C13H27N/c1-11(2)8-9-12-6-4-5-7-13(12)10-14-3/h11-14H,4-10H2,1-3H3.